The van der Waals surface area contributed by atoms with Crippen LogP contribution in [0.4, 0.5) is 0 Å². The second kappa shape index (κ2) is 6.16. The van der Waals surface area contributed by atoms with E-state index in [1.54, 1.807) is 0 Å². The molecule has 0 amide bonds. The molecule has 2 saturated heterocycles. The Hall–Kier alpha value is -0.410. The number of piperidine rings is 2. The van der Waals surface area contributed by atoms with E-state index in [4.69, 9.17) is 0 Å². The lowest BCUT2D eigenvalue weighted by atomic mass is 9.74. The SMILES string of the molecule is CCCCC[C@H](O)[C@H]1C(=O)C[C@@H]2CCC[C@H]1N2C. The van der Waals surface area contributed by atoms with Crippen molar-refractivity contribution in [2.75, 3.05) is 7.05 Å². The van der Waals surface area contributed by atoms with E-state index < -0.39 is 6.10 Å². The minimum absolute atomic E-state index is 0.122. The highest BCUT2D eigenvalue weighted by atomic mass is 16.3. The molecule has 3 nitrogen and oxygen atoms in total. The second-order valence-corrected chi connectivity index (χ2v) is 6.08. The molecule has 0 aromatic heterocycles. The van der Waals surface area contributed by atoms with Gasteiger partial charge in [-0.1, -0.05) is 32.6 Å². The van der Waals surface area contributed by atoms with Gasteiger partial charge in [-0.2, -0.15) is 0 Å². The van der Waals surface area contributed by atoms with Crippen LogP contribution in [0.5, 0.6) is 0 Å². The van der Waals surface area contributed by atoms with Crippen LogP contribution in [0.1, 0.15) is 58.3 Å². The molecular formula is C15H27NO2. The molecule has 0 aromatic carbocycles. The van der Waals surface area contributed by atoms with Gasteiger partial charge in [0.1, 0.15) is 5.78 Å². The predicted octanol–water partition coefficient (Wildman–Crippen LogP) is 2.37. The third-order valence-electron chi connectivity index (χ3n) is 4.88. The first kappa shape index (κ1) is 14.0. The summed E-state index contributed by atoms with van der Waals surface area (Å²) in [4.78, 5) is 14.6. The van der Waals surface area contributed by atoms with Crippen molar-refractivity contribution in [2.45, 2.75) is 76.5 Å². The number of fused-ring (bicyclic) bond motifs is 2. The monoisotopic (exact) mass is 253 g/mol. The molecule has 0 aliphatic carbocycles. The number of aliphatic hydroxyl groups is 1. The smallest absolute Gasteiger partial charge is 0.141 e. The van der Waals surface area contributed by atoms with Crippen molar-refractivity contribution in [3.05, 3.63) is 0 Å². The van der Waals surface area contributed by atoms with Crippen LogP contribution in [-0.2, 0) is 4.79 Å². The first-order chi connectivity index (χ1) is 8.65. The van der Waals surface area contributed by atoms with Crippen LogP contribution in [0, 0.1) is 5.92 Å². The highest BCUT2D eigenvalue weighted by Gasteiger charge is 2.45. The van der Waals surface area contributed by atoms with E-state index in [2.05, 4.69) is 18.9 Å². The summed E-state index contributed by atoms with van der Waals surface area (Å²) in [6.07, 6.45) is 7.83. The number of carbonyl (C=O) groups excluding carboxylic acids is 1. The first-order valence-corrected chi connectivity index (χ1v) is 7.57. The van der Waals surface area contributed by atoms with Crippen LogP contribution in [0.2, 0.25) is 0 Å². The Kier molecular flexibility index (Phi) is 4.79. The number of nitrogens with zero attached hydrogens (tertiary/aromatic N) is 1. The summed E-state index contributed by atoms with van der Waals surface area (Å²) in [5.74, 6) is 0.190. The molecule has 0 aromatic rings. The van der Waals surface area contributed by atoms with Crippen molar-refractivity contribution in [1.82, 2.24) is 4.90 Å². The molecule has 4 atom stereocenters. The molecule has 2 aliphatic rings. The fourth-order valence-corrected chi connectivity index (χ4v) is 3.76. The van der Waals surface area contributed by atoms with Crippen LogP contribution < -0.4 is 0 Å². The Labute approximate surface area is 111 Å². The average molecular weight is 253 g/mol. The van der Waals surface area contributed by atoms with Crippen LogP contribution in [0.15, 0.2) is 0 Å². The Morgan fingerprint density at radius 3 is 2.89 bits per heavy atom. The summed E-state index contributed by atoms with van der Waals surface area (Å²) in [6, 6.07) is 0.733. The van der Waals surface area contributed by atoms with E-state index in [1.807, 2.05) is 0 Å². The summed E-state index contributed by atoms with van der Waals surface area (Å²) in [5.41, 5.74) is 0. The largest absolute Gasteiger partial charge is 0.392 e. The van der Waals surface area contributed by atoms with Gasteiger partial charge in [0, 0.05) is 18.5 Å². The van der Waals surface area contributed by atoms with Crippen LogP contribution in [-0.4, -0.2) is 41.0 Å². The van der Waals surface area contributed by atoms with Crippen LogP contribution in [0.3, 0.4) is 0 Å². The number of hydrogen-bond donors (Lipinski definition) is 1. The van der Waals surface area contributed by atoms with E-state index in [9.17, 15) is 9.90 Å². The van der Waals surface area contributed by atoms with Gasteiger partial charge in [0.2, 0.25) is 0 Å². The van der Waals surface area contributed by atoms with Gasteiger partial charge < -0.3 is 5.11 Å². The minimum atomic E-state index is -0.421. The highest BCUT2D eigenvalue weighted by Crippen LogP contribution is 2.36. The number of aliphatic hydroxyl groups excluding tert-OH is 1. The van der Waals surface area contributed by atoms with Gasteiger partial charge >= 0.3 is 0 Å². The number of ketones is 1. The molecule has 2 aliphatic heterocycles. The van der Waals surface area contributed by atoms with Crippen molar-refractivity contribution in [1.29, 1.82) is 0 Å². The molecule has 2 rings (SSSR count). The van der Waals surface area contributed by atoms with Crippen molar-refractivity contribution < 1.29 is 9.90 Å². The Bertz CT molecular complexity index is 292. The molecule has 0 unspecified atom stereocenters. The fourth-order valence-electron chi connectivity index (χ4n) is 3.76. The average Bonchev–Trinajstić information content (AvgIpc) is 2.32. The summed E-state index contributed by atoms with van der Waals surface area (Å²) in [7, 11) is 2.13. The van der Waals surface area contributed by atoms with E-state index in [0.717, 1.165) is 38.5 Å². The van der Waals surface area contributed by atoms with Crippen molar-refractivity contribution >= 4 is 5.78 Å². The zero-order valence-electron chi connectivity index (χ0n) is 11.8. The zero-order valence-corrected chi connectivity index (χ0v) is 11.8. The van der Waals surface area contributed by atoms with Crippen molar-refractivity contribution in [2.24, 2.45) is 5.92 Å². The summed E-state index contributed by atoms with van der Waals surface area (Å²) in [6.45, 7) is 2.16. The first-order valence-electron chi connectivity index (χ1n) is 7.57. The molecule has 2 heterocycles. The van der Waals surface area contributed by atoms with E-state index in [1.165, 1.54) is 6.42 Å². The highest BCUT2D eigenvalue weighted by molar-refractivity contribution is 5.84. The van der Waals surface area contributed by atoms with E-state index in [-0.39, 0.29) is 5.92 Å². The van der Waals surface area contributed by atoms with Gasteiger partial charge in [-0.25, -0.2) is 0 Å². The molecule has 104 valence electrons. The number of rotatable bonds is 5. The number of hydrogen-bond acceptors (Lipinski definition) is 3. The normalized spacial score (nSPS) is 34.6. The lowest BCUT2D eigenvalue weighted by Crippen LogP contribution is -2.58. The van der Waals surface area contributed by atoms with Gasteiger partial charge in [0.25, 0.3) is 0 Å². The second-order valence-electron chi connectivity index (χ2n) is 6.08. The lowest BCUT2D eigenvalue weighted by molar-refractivity contribution is -0.140. The molecule has 2 fully saturated rings. The zero-order chi connectivity index (χ0) is 13.1. The maximum atomic E-state index is 12.2. The molecule has 3 heteroatoms. The van der Waals surface area contributed by atoms with Gasteiger partial charge in [0.05, 0.1) is 12.0 Å². The molecule has 1 N–H and O–H groups in total. The third-order valence-corrected chi connectivity index (χ3v) is 4.88. The Balaban J connectivity index is 1.98. The van der Waals surface area contributed by atoms with E-state index >= 15 is 0 Å². The van der Waals surface area contributed by atoms with Crippen LogP contribution in [0.25, 0.3) is 0 Å². The van der Waals surface area contributed by atoms with Gasteiger partial charge in [-0.15, -0.1) is 0 Å². The lowest BCUT2D eigenvalue weighted by Gasteiger charge is -2.48. The topological polar surface area (TPSA) is 40.5 Å². The summed E-state index contributed by atoms with van der Waals surface area (Å²) in [5, 5.41) is 10.4. The van der Waals surface area contributed by atoms with Crippen molar-refractivity contribution in [3.8, 4) is 0 Å². The third kappa shape index (κ3) is 2.77. The fraction of sp³-hybridized carbons (Fsp3) is 0.933. The Morgan fingerprint density at radius 1 is 1.39 bits per heavy atom. The van der Waals surface area contributed by atoms with Crippen molar-refractivity contribution in [3.63, 3.8) is 0 Å². The maximum Gasteiger partial charge on any atom is 0.141 e. The standard InChI is InChI=1S/C15H27NO2/c1-3-4-5-9-13(17)15-12-8-6-7-11(16(12)2)10-14(15)18/h11-13,15,17H,3-10H2,1-2H3/t11-,12+,13-,15-/m0/s1. The molecule has 0 radical (unpaired) electrons. The maximum absolute atomic E-state index is 12.2. The van der Waals surface area contributed by atoms with Gasteiger partial charge in [0.15, 0.2) is 0 Å². The molecule has 0 saturated carbocycles. The van der Waals surface area contributed by atoms with E-state index in [0.29, 0.717) is 24.3 Å². The molecule has 0 spiro atoms. The molecule has 18 heavy (non-hydrogen) atoms. The van der Waals surface area contributed by atoms with Gasteiger partial charge in [-0.05, 0) is 26.3 Å². The summed E-state index contributed by atoms with van der Waals surface area (Å²) < 4.78 is 0. The van der Waals surface area contributed by atoms with Crippen LogP contribution >= 0.6 is 0 Å². The minimum Gasteiger partial charge on any atom is -0.392 e. The Morgan fingerprint density at radius 2 is 2.17 bits per heavy atom. The number of Topliss-reactive ketones (excluding diaryl/α,β-unsaturated/α-hetero) is 1. The predicted molar refractivity (Wildman–Crippen MR) is 72.5 cm³/mol. The molecular weight excluding hydrogens is 226 g/mol. The number of unbranched alkanes of at least 4 members (excludes halogenated alkanes) is 2. The summed E-state index contributed by atoms with van der Waals surface area (Å²) >= 11 is 0. The van der Waals surface area contributed by atoms with Gasteiger partial charge in [-0.3, -0.25) is 9.69 Å². The molecule has 2 bridgehead atoms. The number of carbonyl (C=O) groups is 1. The quantitative estimate of drug-likeness (QED) is 0.765.